The van der Waals surface area contributed by atoms with Crippen molar-refractivity contribution < 1.29 is 9.50 Å². The van der Waals surface area contributed by atoms with Crippen molar-refractivity contribution in [2.75, 3.05) is 0 Å². The second kappa shape index (κ2) is 1.78. The molecule has 2 heteroatoms. The van der Waals surface area contributed by atoms with Crippen molar-refractivity contribution in [3.63, 3.8) is 0 Å². The topological polar surface area (TPSA) is 20.2 Å². The van der Waals surface area contributed by atoms with Crippen molar-refractivity contribution >= 4 is 0 Å². The zero-order valence-corrected chi connectivity index (χ0v) is 4.90. The van der Waals surface area contributed by atoms with E-state index in [1.165, 1.54) is 20.8 Å². The number of hydrogen-bond donors (Lipinski definition) is 1. The molecule has 0 rings (SSSR count). The molecule has 0 aliphatic rings. The fourth-order valence-electron chi connectivity index (χ4n) is 0. The molecule has 1 nitrogen and oxygen atoms in total. The van der Waals surface area contributed by atoms with E-state index in [4.69, 9.17) is 5.11 Å². The number of hydrogen-bond acceptors (Lipinski definition) is 1. The molecular weight excluding hydrogens is 95.1 g/mol. The van der Waals surface area contributed by atoms with Gasteiger partial charge in [-0.2, -0.15) is 0 Å². The molecule has 0 aromatic rings. The molecule has 0 spiro atoms. The quantitative estimate of drug-likeness (QED) is 0.531. The normalized spacial score (nSPS) is 16.7. The molecule has 0 aromatic heterocycles. The monoisotopic (exact) mass is 106 g/mol. The van der Waals surface area contributed by atoms with Crippen LogP contribution in [0.3, 0.4) is 0 Å². The Hall–Kier alpha value is -0.110. The van der Waals surface area contributed by atoms with Gasteiger partial charge in [0, 0.05) is 0 Å². The van der Waals surface area contributed by atoms with E-state index in [2.05, 4.69) is 0 Å². The summed E-state index contributed by atoms with van der Waals surface area (Å²) in [7, 11) is 0. The maximum absolute atomic E-state index is 12.3. The summed E-state index contributed by atoms with van der Waals surface area (Å²) < 4.78 is 12.3. The van der Waals surface area contributed by atoms with Gasteiger partial charge in [0.1, 0.15) is 5.67 Å². The minimum Gasteiger partial charge on any atom is -0.390 e. The molecule has 0 saturated carbocycles. The van der Waals surface area contributed by atoms with Crippen molar-refractivity contribution in [3.8, 4) is 0 Å². The zero-order valence-electron chi connectivity index (χ0n) is 4.90. The SMILES string of the molecule is C[C@H](O)C(C)(C)F. The van der Waals surface area contributed by atoms with Crippen LogP contribution in [0.1, 0.15) is 20.8 Å². The number of halogens is 1. The third-order valence-electron chi connectivity index (χ3n) is 0.993. The Labute approximate surface area is 43.2 Å². The van der Waals surface area contributed by atoms with Crippen LogP contribution in [0.25, 0.3) is 0 Å². The van der Waals surface area contributed by atoms with Crippen LogP contribution in [0.4, 0.5) is 4.39 Å². The molecule has 1 atom stereocenters. The van der Waals surface area contributed by atoms with Crippen molar-refractivity contribution in [3.05, 3.63) is 0 Å². The van der Waals surface area contributed by atoms with Gasteiger partial charge in [-0.15, -0.1) is 0 Å². The Morgan fingerprint density at radius 3 is 1.71 bits per heavy atom. The summed E-state index contributed by atoms with van der Waals surface area (Å²) >= 11 is 0. The predicted octanol–water partition coefficient (Wildman–Crippen LogP) is 1.12. The standard InChI is InChI=1S/C5H11FO/c1-4(7)5(2,3)6/h4,7H,1-3H3/t4-/m0/s1. The van der Waals surface area contributed by atoms with Gasteiger partial charge in [0.15, 0.2) is 0 Å². The van der Waals surface area contributed by atoms with Gasteiger partial charge >= 0.3 is 0 Å². The largest absolute Gasteiger partial charge is 0.390 e. The third-order valence-corrected chi connectivity index (χ3v) is 0.993. The van der Waals surface area contributed by atoms with E-state index in [1.54, 1.807) is 0 Å². The van der Waals surface area contributed by atoms with Gasteiger partial charge in [0.2, 0.25) is 0 Å². The second-order valence-corrected chi connectivity index (χ2v) is 2.24. The van der Waals surface area contributed by atoms with E-state index in [0.29, 0.717) is 0 Å². The van der Waals surface area contributed by atoms with Crippen LogP contribution in [0.15, 0.2) is 0 Å². The molecule has 1 N–H and O–H groups in total. The highest BCUT2D eigenvalue weighted by Gasteiger charge is 2.21. The lowest BCUT2D eigenvalue weighted by atomic mass is 10.1. The molecule has 7 heavy (non-hydrogen) atoms. The fraction of sp³-hybridized carbons (Fsp3) is 1.00. The highest BCUT2D eigenvalue weighted by Crippen LogP contribution is 2.12. The average Bonchev–Trinajstić information content (AvgIpc) is 1.31. The van der Waals surface area contributed by atoms with E-state index in [1.807, 2.05) is 0 Å². The third kappa shape index (κ3) is 2.57. The molecule has 0 aliphatic carbocycles. The van der Waals surface area contributed by atoms with Crippen LogP contribution >= 0.6 is 0 Å². The summed E-state index contributed by atoms with van der Waals surface area (Å²) in [5, 5.41) is 8.51. The molecule has 0 bridgehead atoms. The lowest BCUT2D eigenvalue weighted by Crippen LogP contribution is -2.27. The molecule has 0 fully saturated rings. The van der Waals surface area contributed by atoms with Gasteiger partial charge in [-0.25, -0.2) is 4.39 Å². The van der Waals surface area contributed by atoms with Gasteiger partial charge in [0.25, 0.3) is 0 Å². The van der Waals surface area contributed by atoms with Crippen LogP contribution < -0.4 is 0 Å². The van der Waals surface area contributed by atoms with Crippen molar-refractivity contribution in [1.82, 2.24) is 0 Å². The maximum atomic E-state index is 12.3. The lowest BCUT2D eigenvalue weighted by molar-refractivity contribution is 0.0308. The summed E-state index contributed by atoms with van der Waals surface area (Å²) in [5.41, 5.74) is -1.44. The number of rotatable bonds is 1. The average molecular weight is 106 g/mol. The summed E-state index contributed by atoms with van der Waals surface area (Å²) in [5.74, 6) is 0. The molecule has 0 amide bonds. The Kier molecular flexibility index (Phi) is 1.75. The van der Waals surface area contributed by atoms with E-state index in [9.17, 15) is 4.39 Å². The van der Waals surface area contributed by atoms with Crippen molar-refractivity contribution in [2.45, 2.75) is 32.5 Å². The highest BCUT2D eigenvalue weighted by atomic mass is 19.1. The number of aliphatic hydroxyl groups is 1. The van der Waals surface area contributed by atoms with Crippen LogP contribution in [0, 0.1) is 0 Å². The molecule has 0 aromatic carbocycles. The highest BCUT2D eigenvalue weighted by molar-refractivity contribution is 4.71. The lowest BCUT2D eigenvalue weighted by Gasteiger charge is -2.16. The van der Waals surface area contributed by atoms with Gasteiger partial charge in [-0.3, -0.25) is 0 Å². The molecule has 0 heterocycles. The van der Waals surface area contributed by atoms with E-state index in [0.717, 1.165) is 0 Å². The smallest absolute Gasteiger partial charge is 0.130 e. The molecule has 0 radical (unpaired) electrons. The maximum Gasteiger partial charge on any atom is 0.130 e. The van der Waals surface area contributed by atoms with Gasteiger partial charge < -0.3 is 5.11 Å². The minimum absolute atomic E-state index is 0.868. The Bertz CT molecular complexity index is 53.6. The van der Waals surface area contributed by atoms with Crippen LogP contribution in [-0.2, 0) is 0 Å². The summed E-state index contributed by atoms with van der Waals surface area (Å²) in [6.07, 6.45) is -0.868. The van der Waals surface area contributed by atoms with Gasteiger partial charge in [-0.05, 0) is 20.8 Å². The Morgan fingerprint density at radius 2 is 1.71 bits per heavy atom. The van der Waals surface area contributed by atoms with Crippen molar-refractivity contribution in [2.24, 2.45) is 0 Å². The van der Waals surface area contributed by atoms with Crippen LogP contribution in [0.5, 0.6) is 0 Å². The molecular formula is C5H11FO. The Balaban J connectivity index is 3.54. The van der Waals surface area contributed by atoms with E-state index < -0.39 is 11.8 Å². The van der Waals surface area contributed by atoms with Gasteiger partial charge in [0.05, 0.1) is 6.10 Å². The van der Waals surface area contributed by atoms with E-state index in [-0.39, 0.29) is 0 Å². The first kappa shape index (κ1) is 6.89. The summed E-state index contributed by atoms with van der Waals surface area (Å²) in [6, 6.07) is 0. The fourth-order valence-corrected chi connectivity index (χ4v) is 0. The van der Waals surface area contributed by atoms with Crippen LogP contribution in [-0.4, -0.2) is 16.9 Å². The van der Waals surface area contributed by atoms with Gasteiger partial charge in [-0.1, -0.05) is 0 Å². The first-order valence-corrected chi connectivity index (χ1v) is 2.31. The second-order valence-electron chi connectivity index (χ2n) is 2.24. The molecule has 0 unspecified atom stereocenters. The minimum atomic E-state index is -1.44. The molecule has 0 saturated heterocycles. The van der Waals surface area contributed by atoms with E-state index >= 15 is 0 Å². The zero-order chi connectivity index (χ0) is 6.08. The molecule has 0 aliphatic heterocycles. The number of aliphatic hydroxyl groups excluding tert-OH is 1. The Morgan fingerprint density at radius 1 is 1.57 bits per heavy atom. The summed E-state index contributed by atoms with van der Waals surface area (Å²) in [4.78, 5) is 0. The number of alkyl halides is 1. The summed E-state index contributed by atoms with van der Waals surface area (Å²) in [6.45, 7) is 4.12. The first-order valence-electron chi connectivity index (χ1n) is 2.31. The van der Waals surface area contributed by atoms with Crippen molar-refractivity contribution in [1.29, 1.82) is 0 Å². The van der Waals surface area contributed by atoms with Crippen LogP contribution in [0.2, 0.25) is 0 Å². The molecule has 44 valence electrons. The first-order chi connectivity index (χ1) is 2.94. The predicted molar refractivity (Wildman–Crippen MR) is 26.9 cm³/mol.